The molecule has 4 rings (SSSR count). The number of carbonyl (C=O) groups is 3. The topological polar surface area (TPSA) is 105 Å². The number of aliphatic carboxylic acids is 1. The van der Waals surface area contributed by atoms with E-state index in [1.165, 1.54) is 0 Å². The minimum atomic E-state index is -0.887. The van der Waals surface area contributed by atoms with Crippen molar-refractivity contribution in [2.75, 3.05) is 13.2 Å². The molecule has 0 heterocycles. The van der Waals surface area contributed by atoms with Crippen molar-refractivity contribution in [3.8, 4) is 11.1 Å². The highest BCUT2D eigenvalue weighted by Crippen LogP contribution is 2.44. The van der Waals surface area contributed by atoms with Crippen molar-refractivity contribution in [1.29, 1.82) is 0 Å². The van der Waals surface area contributed by atoms with Gasteiger partial charge in [-0.05, 0) is 41.5 Å². The predicted molar refractivity (Wildman–Crippen MR) is 119 cm³/mol. The molecule has 7 heteroatoms. The van der Waals surface area contributed by atoms with Crippen LogP contribution in [-0.2, 0) is 14.3 Å². The lowest BCUT2D eigenvalue weighted by atomic mass is 9.69. The van der Waals surface area contributed by atoms with Crippen molar-refractivity contribution in [3.05, 3.63) is 59.7 Å². The fourth-order valence-electron chi connectivity index (χ4n) is 4.58. The fourth-order valence-corrected chi connectivity index (χ4v) is 4.58. The third kappa shape index (κ3) is 4.07. The summed E-state index contributed by atoms with van der Waals surface area (Å²) in [7, 11) is 0. The summed E-state index contributed by atoms with van der Waals surface area (Å²) in [5, 5.41) is 14.7. The van der Waals surface area contributed by atoms with Crippen LogP contribution in [-0.4, -0.2) is 42.3 Å². The largest absolute Gasteiger partial charge is 0.481 e. The maximum absolute atomic E-state index is 12.5. The van der Waals surface area contributed by atoms with E-state index in [9.17, 15) is 19.5 Å². The Kier molecular flexibility index (Phi) is 6.17. The van der Waals surface area contributed by atoms with Crippen molar-refractivity contribution in [1.82, 2.24) is 10.6 Å². The predicted octanol–water partition coefficient (Wildman–Crippen LogP) is 3.67. The molecule has 1 unspecified atom stereocenters. The first-order chi connectivity index (χ1) is 15.4. The van der Waals surface area contributed by atoms with Gasteiger partial charge in [0.2, 0.25) is 5.91 Å². The third-order valence-corrected chi connectivity index (χ3v) is 6.73. The molecule has 1 atom stereocenters. The number of fused-ring (bicyclic) bond motifs is 3. The Morgan fingerprint density at radius 1 is 1.06 bits per heavy atom. The van der Waals surface area contributed by atoms with Gasteiger partial charge in [-0.3, -0.25) is 9.59 Å². The Labute approximate surface area is 187 Å². The van der Waals surface area contributed by atoms with Crippen LogP contribution in [0.5, 0.6) is 0 Å². The van der Waals surface area contributed by atoms with Crippen molar-refractivity contribution in [2.24, 2.45) is 5.41 Å². The third-order valence-electron chi connectivity index (χ3n) is 6.73. The van der Waals surface area contributed by atoms with E-state index in [-0.39, 0.29) is 19.1 Å². The summed E-state index contributed by atoms with van der Waals surface area (Å²) < 4.78 is 5.51. The lowest BCUT2D eigenvalue weighted by Gasteiger charge is -2.37. The highest BCUT2D eigenvalue weighted by atomic mass is 16.5. The van der Waals surface area contributed by atoms with Gasteiger partial charge in [-0.2, -0.15) is 0 Å². The van der Waals surface area contributed by atoms with Gasteiger partial charge in [0.15, 0.2) is 0 Å². The molecule has 7 nitrogen and oxygen atoms in total. The molecule has 3 N–H and O–H groups in total. The van der Waals surface area contributed by atoms with E-state index in [1.807, 2.05) is 36.4 Å². The zero-order valence-corrected chi connectivity index (χ0v) is 18.1. The van der Waals surface area contributed by atoms with E-state index in [0.29, 0.717) is 19.3 Å². The molecule has 2 aromatic carbocycles. The van der Waals surface area contributed by atoms with Crippen LogP contribution in [0.2, 0.25) is 0 Å². The van der Waals surface area contributed by atoms with Gasteiger partial charge in [0, 0.05) is 12.5 Å². The molecular weight excluding hydrogens is 408 g/mol. The van der Waals surface area contributed by atoms with Gasteiger partial charge in [0.05, 0.1) is 5.41 Å². The van der Waals surface area contributed by atoms with Gasteiger partial charge in [0.25, 0.3) is 0 Å². The molecule has 1 saturated carbocycles. The minimum Gasteiger partial charge on any atom is -0.481 e. The molecule has 2 aliphatic carbocycles. The monoisotopic (exact) mass is 436 g/mol. The first-order valence-corrected chi connectivity index (χ1v) is 11.1. The lowest BCUT2D eigenvalue weighted by molar-refractivity contribution is -0.154. The Morgan fingerprint density at radius 3 is 2.16 bits per heavy atom. The van der Waals surface area contributed by atoms with Gasteiger partial charge in [-0.15, -0.1) is 0 Å². The maximum atomic E-state index is 12.5. The summed E-state index contributed by atoms with van der Waals surface area (Å²) in [5.74, 6) is -1.34. The van der Waals surface area contributed by atoms with Crippen LogP contribution in [0.25, 0.3) is 11.1 Å². The first-order valence-electron chi connectivity index (χ1n) is 11.1. The van der Waals surface area contributed by atoms with Crippen molar-refractivity contribution < 1.29 is 24.2 Å². The summed E-state index contributed by atoms with van der Waals surface area (Å²) in [6, 6.07) is 15.4. The number of carboxylic acid groups (broad SMARTS) is 1. The maximum Gasteiger partial charge on any atom is 0.407 e. The number of carbonyl (C=O) groups excluding carboxylic acids is 2. The molecule has 0 spiro atoms. The van der Waals surface area contributed by atoms with Crippen LogP contribution in [0.15, 0.2) is 48.5 Å². The SMILES string of the molecule is CCC(NC(=O)OCC1c2ccccc2-c2ccccc21)C(=O)NCC1(C(=O)O)CCC1. The zero-order chi connectivity index (χ0) is 22.7. The number of benzene rings is 2. The Balaban J connectivity index is 1.34. The van der Waals surface area contributed by atoms with Crippen LogP contribution < -0.4 is 10.6 Å². The number of alkyl carbamates (subject to hydrolysis) is 1. The molecule has 0 aliphatic heterocycles. The summed E-state index contributed by atoms with van der Waals surface area (Å²) in [4.78, 5) is 36.5. The molecular formula is C25H28N2O5. The number of hydrogen-bond acceptors (Lipinski definition) is 4. The summed E-state index contributed by atoms with van der Waals surface area (Å²) >= 11 is 0. The standard InChI is InChI=1S/C25H28N2O5/c1-2-21(22(28)26-15-25(23(29)30)12-7-13-25)27-24(31)32-14-20-18-10-5-3-8-16(18)17-9-4-6-11-19(17)20/h3-6,8-11,20-21H,2,7,12-15H2,1H3,(H,26,28)(H,27,31)(H,29,30). The van der Waals surface area contributed by atoms with Gasteiger partial charge in [-0.25, -0.2) is 4.79 Å². The Morgan fingerprint density at radius 2 is 1.66 bits per heavy atom. The van der Waals surface area contributed by atoms with Crippen LogP contribution in [0.3, 0.4) is 0 Å². The highest BCUT2D eigenvalue weighted by molar-refractivity contribution is 5.86. The van der Waals surface area contributed by atoms with Crippen molar-refractivity contribution >= 4 is 18.0 Å². The van der Waals surface area contributed by atoms with E-state index >= 15 is 0 Å². The van der Waals surface area contributed by atoms with Crippen molar-refractivity contribution in [3.63, 3.8) is 0 Å². The van der Waals surface area contributed by atoms with Crippen molar-refractivity contribution in [2.45, 2.75) is 44.6 Å². The molecule has 0 aromatic heterocycles. The summed E-state index contributed by atoms with van der Waals surface area (Å²) in [6.07, 6.45) is 1.66. The first kappa shape index (κ1) is 21.9. The lowest BCUT2D eigenvalue weighted by Crippen LogP contribution is -2.52. The van der Waals surface area contributed by atoms with Crippen LogP contribution in [0.4, 0.5) is 4.79 Å². The number of carboxylic acids is 1. The molecule has 2 aliphatic rings. The molecule has 32 heavy (non-hydrogen) atoms. The van der Waals surface area contributed by atoms with E-state index in [1.54, 1.807) is 6.92 Å². The van der Waals surface area contributed by atoms with Gasteiger partial charge < -0.3 is 20.5 Å². The second-order valence-electron chi connectivity index (χ2n) is 8.59. The summed E-state index contributed by atoms with van der Waals surface area (Å²) in [6.45, 7) is 2.02. The highest BCUT2D eigenvalue weighted by Gasteiger charge is 2.44. The van der Waals surface area contributed by atoms with E-state index in [2.05, 4.69) is 22.8 Å². The smallest absolute Gasteiger partial charge is 0.407 e. The molecule has 168 valence electrons. The minimum absolute atomic E-state index is 0.0592. The number of amides is 2. The van der Waals surface area contributed by atoms with Crippen LogP contribution in [0.1, 0.15) is 49.7 Å². The molecule has 0 radical (unpaired) electrons. The molecule has 0 saturated heterocycles. The molecule has 0 bridgehead atoms. The average Bonchev–Trinajstić information content (AvgIpc) is 3.08. The summed E-state index contributed by atoms with van der Waals surface area (Å²) in [5.41, 5.74) is 3.65. The van der Waals surface area contributed by atoms with E-state index in [0.717, 1.165) is 28.7 Å². The Bertz CT molecular complexity index is 985. The second-order valence-corrected chi connectivity index (χ2v) is 8.59. The second kappa shape index (κ2) is 9.02. The molecule has 1 fully saturated rings. The molecule has 2 aromatic rings. The van der Waals surface area contributed by atoms with Gasteiger partial charge >= 0.3 is 12.1 Å². The van der Waals surface area contributed by atoms with Crippen LogP contribution >= 0.6 is 0 Å². The number of rotatable bonds is 8. The van der Waals surface area contributed by atoms with Gasteiger partial charge in [0.1, 0.15) is 12.6 Å². The Hall–Kier alpha value is -3.35. The average molecular weight is 437 g/mol. The van der Waals surface area contributed by atoms with E-state index < -0.39 is 29.4 Å². The quantitative estimate of drug-likeness (QED) is 0.586. The molecule has 2 amide bonds. The fraction of sp³-hybridized carbons (Fsp3) is 0.400. The number of hydrogen-bond donors (Lipinski definition) is 3. The number of nitrogens with one attached hydrogen (secondary N) is 2. The van der Waals surface area contributed by atoms with Crippen LogP contribution in [0, 0.1) is 5.41 Å². The number of ether oxygens (including phenoxy) is 1. The van der Waals surface area contributed by atoms with E-state index in [4.69, 9.17) is 4.74 Å². The zero-order valence-electron chi connectivity index (χ0n) is 18.1. The van der Waals surface area contributed by atoms with Gasteiger partial charge in [-0.1, -0.05) is 61.9 Å². The normalized spacial score (nSPS) is 16.8.